The Morgan fingerprint density at radius 2 is 1.53 bits per heavy atom. The molecule has 0 bridgehead atoms. The first kappa shape index (κ1) is 22.6. The fourth-order valence-corrected chi connectivity index (χ4v) is 10.3. The van der Waals surface area contributed by atoms with E-state index in [1.54, 1.807) is 0 Å². The molecule has 8 atom stereocenters. The van der Waals surface area contributed by atoms with Crippen molar-refractivity contribution >= 4 is 11.6 Å². The van der Waals surface area contributed by atoms with Gasteiger partial charge in [0.2, 0.25) is 0 Å². The summed E-state index contributed by atoms with van der Waals surface area (Å²) in [7, 11) is 0. The summed E-state index contributed by atoms with van der Waals surface area (Å²) in [5, 5.41) is 10.3. The van der Waals surface area contributed by atoms with Gasteiger partial charge in [0.25, 0.3) is 0 Å². The standard InChI is InChI=1S/C29H43NO2/c1-25(2)13-14-29(17-30)12-7-18-24(19(29)16-25)20(31)15-22-27(18,5)10-8-21-26(3,4)23(32)9-11-28(21,22)6/h18-19,21-22,24H,7-16H2,1-6H3. The van der Waals surface area contributed by atoms with Crippen LogP contribution in [-0.4, -0.2) is 11.6 Å². The van der Waals surface area contributed by atoms with E-state index in [2.05, 4.69) is 47.6 Å². The van der Waals surface area contributed by atoms with Gasteiger partial charge >= 0.3 is 0 Å². The van der Waals surface area contributed by atoms with E-state index >= 15 is 0 Å². The third-order valence-corrected chi connectivity index (χ3v) is 12.2. The van der Waals surface area contributed by atoms with Crippen molar-refractivity contribution in [3.05, 3.63) is 0 Å². The first-order valence-corrected chi connectivity index (χ1v) is 13.3. The highest BCUT2D eigenvalue weighted by Gasteiger charge is 2.68. The molecule has 32 heavy (non-hydrogen) atoms. The maximum Gasteiger partial charge on any atom is 0.138 e. The summed E-state index contributed by atoms with van der Waals surface area (Å²) < 4.78 is 0. The first-order chi connectivity index (χ1) is 14.8. The molecule has 0 radical (unpaired) electrons. The van der Waals surface area contributed by atoms with Gasteiger partial charge in [-0.05, 0) is 91.3 Å². The van der Waals surface area contributed by atoms with Gasteiger partial charge in [0.15, 0.2) is 0 Å². The summed E-state index contributed by atoms with van der Waals surface area (Å²) in [5.74, 6) is 2.35. The first-order valence-electron chi connectivity index (χ1n) is 13.3. The molecule has 5 aliphatic rings. The molecule has 3 heteroatoms. The van der Waals surface area contributed by atoms with E-state index in [-0.39, 0.29) is 38.9 Å². The third-order valence-electron chi connectivity index (χ3n) is 12.2. The van der Waals surface area contributed by atoms with Gasteiger partial charge in [-0.3, -0.25) is 9.59 Å². The molecule has 0 saturated heterocycles. The van der Waals surface area contributed by atoms with E-state index in [1.165, 1.54) is 0 Å². The van der Waals surface area contributed by atoms with Gasteiger partial charge in [-0.15, -0.1) is 0 Å². The second-order valence-corrected chi connectivity index (χ2v) is 14.4. The largest absolute Gasteiger partial charge is 0.299 e. The van der Waals surface area contributed by atoms with Crippen molar-refractivity contribution < 1.29 is 9.59 Å². The SMILES string of the molecule is CC1(C)CCC2(C#N)CCC3C(C(=O)CC4C3(C)CCC3C(C)(C)C(=O)CCC34C)C2C1. The van der Waals surface area contributed by atoms with Crippen LogP contribution in [0, 0.1) is 68.0 Å². The molecule has 0 amide bonds. The molecule has 5 fully saturated rings. The lowest BCUT2D eigenvalue weighted by Crippen LogP contribution is -2.65. The zero-order chi connectivity index (χ0) is 23.3. The van der Waals surface area contributed by atoms with Crippen LogP contribution in [0.2, 0.25) is 0 Å². The quantitative estimate of drug-likeness (QED) is 0.421. The average Bonchev–Trinajstić information content (AvgIpc) is 2.72. The van der Waals surface area contributed by atoms with Gasteiger partial charge in [0.05, 0.1) is 11.5 Å². The lowest BCUT2D eigenvalue weighted by molar-refractivity contribution is -0.200. The smallest absolute Gasteiger partial charge is 0.138 e. The van der Waals surface area contributed by atoms with Gasteiger partial charge in [-0.25, -0.2) is 0 Å². The van der Waals surface area contributed by atoms with Crippen LogP contribution in [0.5, 0.6) is 0 Å². The number of carbonyl (C=O) groups is 2. The van der Waals surface area contributed by atoms with Crippen LogP contribution in [-0.2, 0) is 9.59 Å². The Kier molecular flexibility index (Phi) is 4.74. The van der Waals surface area contributed by atoms with Crippen molar-refractivity contribution in [3.63, 3.8) is 0 Å². The minimum absolute atomic E-state index is 0.0701. The zero-order valence-electron chi connectivity index (χ0n) is 21.2. The number of ketones is 2. The average molecular weight is 438 g/mol. The molecule has 0 aromatic carbocycles. The van der Waals surface area contributed by atoms with Gasteiger partial charge in [-0.2, -0.15) is 5.26 Å². The van der Waals surface area contributed by atoms with Crippen LogP contribution >= 0.6 is 0 Å². The van der Waals surface area contributed by atoms with Crippen molar-refractivity contribution in [2.75, 3.05) is 0 Å². The fraction of sp³-hybridized carbons (Fsp3) is 0.897. The number of nitriles is 1. The molecule has 0 aliphatic heterocycles. The van der Waals surface area contributed by atoms with Crippen LogP contribution in [0.3, 0.4) is 0 Å². The van der Waals surface area contributed by atoms with Crippen molar-refractivity contribution in [2.45, 2.75) is 106 Å². The van der Waals surface area contributed by atoms with Gasteiger partial charge in [0.1, 0.15) is 11.6 Å². The summed E-state index contributed by atoms with van der Waals surface area (Å²) in [6.07, 6.45) is 9.65. The molecular formula is C29H43NO2. The highest BCUT2D eigenvalue weighted by molar-refractivity contribution is 5.86. The van der Waals surface area contributed by atoms with Crippen molar-refractivity contribution in [2.24, 2.45) is 56.7 Å². The van der Waals surface area contributed by atoms with Crippen LogP contribution in [0.15, 0.2) is 0 Å². The number of hydrogen-bond donors (Lipinski definition) is 0. The number of fused-ring (bicyclic) bond motifs is 7. The summed E-state index contributed by atoms with van der Waals surface area (Å²) in [4.78, 5) is 26.9. The maximum absolute atomic E-state index is 14.0. The molecule has 5 aliphatic carbocycles. The van der Waals surface area contributed by atoms with Crippen LogP contribution in [0.1, 0.15) is 106 Å². The van der Waals surface area contributed by atoms with Gasteiger partial charge in [0, 0.05) is 24.2 Å². The van der Waals surface area contributed by atoms with Crippen LogP contribution in [0.4, 0.5) is 0 Å². The van der Waals surface area contributed by atoms with E-state index in [9.17, 15) is 14.9 Å². The lowest BCUT2D eigenvalue weighted by Gasteiger charge is -2.68. The second-order valence-electron chi connectivity index (χ2n) is 14.4. The molecule has 0 N–H and O–H groups in total. The summed E-state index contributed by atoms with van der Waals surface area (Å²) >= 11 is 0. The van der Waals surface area contributed by atoms with Crippen LogP contribution in [0.25, 0.3) is 0 Å². The molecule has 0 aromatic rings. The lowest BCUT2D eigenvalue weighted by atomic mass is 9.35. The summed E-state index contributed by atoms with van der Waals surface area (Å²) in [6, 6.07) is 2.77. The van der Waals surface area contributed by atoms with E-state index in [4.69, 9.17) is 0 Å². The summed E-state index contributed by atoms with van der Waals surface area (Å²) in [6.45, 7) is 13.9. The molecule has 8 unspecified atom stereocenters. The highest BCUT2D eigenvalue weighted by atomic mass is 16.1. The highest BCUT2D eigenvalue weighted by Crippen LogP contribution is 2.72. The molecule has 5 rings (SSSR count). The van der Waals surface area contributed by atoms with Crippen molar-refractivity contribution in [1.29, 1.82) is 5.26 Å². The van der Waals surface area contributed by atoms with E-state index in [0.29, 0.717) is 42.2 Å². The molecule has 0 aromatic heterocycles. The van der Waals surface area contributed by atoms with Crippen molar-refractivity contribution in [3.8, 4) is 6.07 Å². The zero-order valence-corrected chi connectivity index (χ0v) is 21.2. The molecule has 5 saturated carbocycles. The Bertz CT molecular complexity index is 895. The Labute approximate surface area is 195 Å². The Morgan fingerprint density at radius 1 is 0.812 bits per heavy atom. The number of nitrogens with zero attached hydrogens (tertiary/aromatic N) is 1. The number of carbonyl (C=O) groups excluding carboxylic acids is 2. The molecular weight excluding hydrogens is 394 g/mol. The van der Waals surface area contributed by atoms with E-state index in [0.717, 1.165) is 51.4 Å². The minimum atomic E-state index is -0.282. The van der Waals surface area contributed by atoms with E-state index in [1.807, 2.05) is 0 Å². The monoisotopic (exact) mass is 437 g/mol. The maximum atomic E-state index is 14.0. The Balaban J connectivity index is 1.54. The predicted molar refractivity (Wildman–Crippen MR) is 125 cm³/mol. The third kappa shape index (κ3) is 2.77. The Hall–Kier alpha value is -1.17. The van der Waals surface area contributed by atoms with Crippen molar-refractivity contribution in [1.82, 2.24) is 0 Å². The second kappa shape index (κ2) is 6.70. The van der Waals surface area contributed by atoms with Crippen LogP contribution < -0.4 is 0 Å². The number of rotatable bonds is 0. The molecule has 176 valence electrons. The van der Waals surface area contributed by atoms with E-state index < -0.39 is 0 Å². The molecule has 0 spiro atoms. The summed E-state index contributed by atoms with van der Waals surface area (Å²) in [5.41, 5.74) is -0.105. The Morgan fingerprint density at radius 3 is 2.22 bits per heavy atom. The fourth-order valence-electron chi connectivity index (χ4n) is 10.3. The van der Waals surface area contributed by atoms with Gasteiger partial charge < -0.3 is 0 Å². The number of hydrogen-bond acceptors (Lipinski definition) is 3. The molecule has 0 heterocycles. The normalized spacial score (nSPS) is 51.5. The predicted octanol–water partition coefficient (Wildman–Crippen LogP) is 6.75. The minimum Gasteiger partial charge on any atom is -0.299 e. The topological polar surface area (TPSA) is 57.9 Å². The van der Waals surface area contributed by atoms with Gasteiger partial charge in [-0.1, -0.05) is 41.5 Å². The number of Topliss-reactive ketones (excluding diaryl/α,β-unsaturated/α-hetero) is 2. The molecule has 3 nitrogen and oxygen atoms in total.